The van der Waals surface area contributed by atoms with Gasteiger partial charge in [0.2, 0.25) is 0 Å². The number of hydrogen-bond acceptors (Lipinski definition) is 8. The Hall–Kier alpha value is -2.85. The van der Waals surface area contributed by atoms with Crippen molar-refractivity contribution in [1.82, 2.24) is 24.1 Å². The fraction of sp³-hybridized carbons (Fsp3) is 0.263. The highest BCUT2D eigenvalue weighted by molar-refractivity contribution is 7.98. The fourth-order valence-corrected chi connectivity index (χ4v) is 4.42. The van der Waals surface area contributed by atoms with E-state index < -0.39 is 0 Å². The van der Waals surface area contributed by atoms with Crippen molar-refractivity contribution in [2.24, 2.45) is 0 Å². The second-order valence-electron chi connectivity index (χ2n) is 6.04. The van der Waals surface area contributed by atoms with Crippen LogP contribution in [0.1, 0.15) is 18.4 Å². The first-order chi connectivity index (χ1) is 14.2. The second kappa shape index (κ2) is 8.66. The average Bonchev–Trinajstić information content (AvgIpc) is 3.37. The number of rotatable bonds is 8. The third kappa shape index (κ3) is 4.28. The van der Waals surface area contributed by atoms with E-state index in [-0.39, 0.29) is 5.56 Å². The van der Waals surface area contributed by atoms with Gasteiger partial charge >= 0.3 is 0 Å². The molecular weight excluding hydrogens is 410 g/mol. The van der Waals surface area contributed by atoms with E-state index in [9.17, 15) is 4.79 Å². The Morgan fingerprint density at radius 2 is 1.97 bits per heavy atom. The molecule has 3 heterocycles. The molecule has 3 aromatic heterocycles. The minimum atomic E-state index is -0.0719. The molecule has 0 spiro atoms. The first-order valence-corrected chi connectivity index (χ1v) is 10.8. The van der Waals surface area contributed by atoms with Gasteiger partial charge in [-0.2, -0.15) is 0 Å². The molecule has 0 unspecified atom stereocenters. The average molecular weight is 430 g/mol. The summed E-state index contributed by atoms with van der Waals surface area (Å²) in [5.41, 5.74) is 0.654. The summed E-state index contributed by atoms with van der Waals surface area (Å²) < 4.78 is 14.5. The number of methoxy groups -OCH3 is 1. The third-order valence-corrected chi connectivity index (χ3v) is 6.00. The Bertz CT molecular complexity index is 1170. The van der Waals surface area contributed by atoms with Crippen molar-refractivity contribution < 1.29 is 9.47 Å². The maximum absolute atomic E-state index is 12.1. The van der Waals surface area contributed by atoms with Crippen molar-refractivity contribution in [3.05, 3.63) is 63.8 Å². The van der Waals surface area contributed by atoms with Gasteiger partial charge in [0.1, 0.15) is 18.1 Å². The molecule has 10 heteroatoms. The van der Waals surface area contributed by atoms with E-state index in [1.165, 1.54) is 23.1 Å². The monoisotopic (exact) mass is 429 g/mol. The van der Waals surface area contributed by atoms with Gasteiger partial charge < -0.3 is 14.0 Å². The highest BCUT2D eigenvalue weighted by atomic mass is 32.2. The zero-order valence-electron chi connectivity index (χ0n) is 15.9. The van der Waals surface area contributed by atoms with Crippen molar-refractivity contribution in [2.75, 3.05) is 7.11 Å². The van der Waals surface area contributed by atoms with E-state index in [1.807, 2.05) is 41.1 Å². The standard InChI is InChI=1S/C19H19N5O3S2/c1-3-23-16(11-27-15-6-4-14(26-2)5-7-15)21-22-19(23)29-12-13-10-17(25)24-8-9-28-18(24)20-13/h4-10H,3,11-12H2,1-2H3. The number of fused-ring (bicyclic) bond motifs is 1. The molecule has 0 amide bonds. The van der Waals surface area contributed by atoms with Gasteiger partial charge in [0.25, 0.3) is 5.56 Å². The van der Waals surface area contributed by atoms with Crippen LogP contribution in [0.2, 0.25) is 0 Å². The minimum absolute atomic E-state index is 0.0719. The Balaban J connectivity index is 1.44. The second-order valence-corrected chi connectivity index (χ2v) is 7.85. The van der Waals surface area contributed by atoms with E-state index in [2.05, 4.69) is 15.2 Å². The van der Waals surface area contributed by atoms with Gasteiger partial charge in [-0.05, 0) is 31.2 Å². The zero-order chi connectivity index (χ0) is 20.2. The molecule has 0 saturated heterocycles. The molecule has 0 aliphatic carbocycles. The van der Waals surface area contributed by atoms with Crippen LogP contribution in [0.3, 0.4) is 0 Å². The predicted molar refractivity (Wildman–Crippen MR) is 112 cm³/mol. The SMILES string of the molecule is CCn1c(COc2ccc(OC)cc2)nnc1SCc1cc(=O)n2ccsc2n1. The molecule has 0 fully saturated rings. The molecule has 1 aromatic carbocycles. The summed E-state index contributed by atoms with van der Waals surface area (Å²) in [5, 5.41) is 11.2. The van der Waals surface area contributed by atoms with Crippen LogP contribution in [0.4, 0.5) is 0 Å². The van der Waals surface area contributed by atoms with Crippen molar-refractivity contribution in [3.8, 4) is 11.5 Å². The van der Waals surface area contributed by atoms with Crippen molar-refractivity contribution in [1.29, 1.82) is 0 Å². The van der Waals surface area contributed by atoms with Gasteiger partial charge in [-0.3, -0.25) is 9.20 Å². The van der Waals surface area contributed by atoms with E-state index in [0.717, 1.165) is 34.7 Å². The minimum Gasteiger partial charge on any atom is -0.497 e. The Morgan fingerprint density at radius 1 is 1.17 bits per heavy atom. The molecule has 0 atom stereocenters. The van der Waals surface area contributed by atoms with Crippen LogP contribution >= 0.6 is 23.1 Å². The number of benzene rings is 1. The number of nitrogens with zero attached hydrogens (tertiary/aromatic N) is 5. The molecule has 4 rings (SSSR count). The largest absolute Gasteiger partial charge is 0.497 e. The molecule has 0 saturated carbocycles. The van der Waals surface area contributed by atoms with Gasteiger partial charge in [0, 0.05) is 29.9 Å². The number of ether oxygens (including phenoxy) is 2. The number of thiazole rings is 1. The van der Waals surface area contributed by atoms with Crippen LogP contribution in [-0.4, -0.2) is 31.3 Å². The van der Waals surface area contributed by atoms with Crippen molar-refractivity contribution >= 4 is 28.1 Å². The highest BCUT2D eigenvalue weighted by Crippen LogP contribution is 2.23. The lowest BCUT2D eigenvalue weighted by molar-refractivity contribution is 0.287. The lowest BCUT2D eigenvalue weighted by Gasteiger charge is -2.09. The zero-order valence-corrected chi connectivity index (χ0v) is 17.6. The van der Waals surface area contributed by atoms with Crippen LogP contribution in [0.15, 0.2) is 51.9 Å². The Labute approximate surface area is 175 Å². The van der Waals surface area contributed by atoms with Crippen LogP contribution in [0.5, 0.6) is 11.5 Å². The summed E-state index contributed by atoms with van der Waals surface area (Å²) in [5.74, 6) is 2.80. The van der Waals surface area contributed by atoms with Gasteiger partial charge in [-0.25, -0.2) is 4.98 Å². The fourth-order valence-electron chi connectivity index (χ4n) is 2.77. The Morgan fingerprint density at radius 3 is 2.72 bits per heavy atom. The van der Waals surface area contributed by atoms with E-state index in [0.29, 0.717) is 17.3 Å². The molecular formula is C19H19N5O3S2. The first-order valence-electron chi connectivity index (χ1n) is 8.95. The van der Waals surface area contributed by atoms with Crippen LogP contribution in [0.25, 0.3) is 4.96 Å². The summed E-state index contributed by atoms with van der Waals surface area (Å²) in [7, 11) is 1.63. The quantitative estimate of drug-likeness (QED) is 0.398. The van der Waals surface area contributed by atoms with Crippen LogP contribution < -0.4 is 15.0 Å². The van der Waals surface area contributed by atoms with Gasteiger partial charge in [-0.1, -0.05) is 11.8 Å². The Kier molecular flexibility index (Phi) is 5.81. The van der Waals surface area contributed by atoms with E-state index in [1.54, 1.807) is 23.8 Å². The number of aromatic nitrogens is 5. The van der Waals surface area contributed by atoms with Gasteiger partial charge in [-0.15, -0.1) is 21.5 Å². The topological polar surface area (TPSA) is 83.5 Å². The summed E-state index contributed by atoms with van der Waals surface area (Å²) in [6.45, 7) is 3.07. The molecule has 150 valence electrons. The summed E-state index contributed by atoms with van der Waals surface area (Å²) >= 11 is 2.94. The maximum atomic E-state index is 12.1. The first kappa shape index (κ1) is 19.5. The maximum Gasteiger partial charge on any atom is 0.258 e. The lowest BCUT2D eigenvalue weighted by Crippen LogP contribution is -2.12. The summed E-state index contributed by atoms with van der Waals surface area (Å²) in [6, 6.07) is 8.97. The molecule has 0 radical (unpaired) electrons. The normalized spacial score (nSPS) is 11.1. The molecule has 8 nitrogen and oxygen atoms in total. The third-order valence-electron chi connectivity index (χ3n) is 4.24. The van der Waals surface area contributed by atoms with Crippen LogP contribution in [-0.2, 0) is 18.9 Å². The smallest absolute Gasteiger partial charge is 0.258 e. The van der Waals surface area contributed by atoms with Gasteiger partial charge in [0.05, 0.1) is 12.8 Å². The molecule has 0 bridgehead atoms. The van der Waals surface area contributed by atoms with E-state index in [4.69, 9.17) is 9.47 Å². The van der Waals surface area contributed by atoms with Gasteiger partial charge in [0.15, 0.2) is 15.9 Å². The van der Waals surface area contributed by atoms with Crippen LogP contribution in [0, 0.1) is 0 Å². The van der Waals surface area contributed by atoms with Crippen molar-refractivity contribution in [3.63, 3.8) is 0 Å². The lowest BCUT2D eigenvalue weighted by atomic mass is 10.3. The molecule has 0 N–H and O–H groups in total. The molecule has 0 aliphatic rings. The predicted octanol–water partition coefficient (Wildman–Crippen LogP) is 3.25. The molecule has 29 heavy (non-hydrogen) atoms. The molecule has 0 aliphatic heterocycles. The number of thioether (sulfide) groups is 1. The molecule has 4 aromatic rings. The highest BCUT2D eigenvalue weighted by Gasteiger charge is 2.13. The summed E-state index contributed by atoms with van der Waals surface area (Å²) in [6.07, 6.45) is 1.73. The van der Waals surface area contributed by atoms with Crippen molar-refractivity contribution in [2.45, 2.75) is 31.0 Å². The number of hydrogen-bond donors (Lipinski definition) is 0. The summed E-state index contributed by atoms with van der Waals surface area (Å²) in [4.78, 5) is 17.3. The van der Waals surface area contributed by atoms with E-state index >= 15 is 0 Å².